The maximum Gasteiger partial charge on any atom is 0.262 e. The van der Waals surface area contributed by atoms with Crippen LogP contribution < -0.4 is 11.3 Å². The summed E-state index contributed by atoms with van der Waals surface area (Å²) < 4.78 is 3.37. The highest BCUT2D eigenvalue weighted by atomic mass is 16.4. The second-order valence-corrected chi connectivity index (χ2v) is 4.88. The Morgan fingerprint density at radius 1 is 1.48 bits per heavy atom. The Kier molecular flexibility index (Phi) is 4.42. The standard InChI is InChI=1S/C14H19N5O2/c1-3-10(2)19-8-6-11(16-19)9-18-7-4-5-12(14(18)20)13(15)17-21/h4-8,10,21H,3,9H2,1-2H3,(H2,15,17). The summed E-state index contributed by atoms with van der Waals surface area (Å²) in [6.45, 7) is 4.52. The molecular formula is C14H19N5O2. The van der Waals surface area contributed by atoms with E-state index in [1.54, 1.807) is 12.3 Å². The van der Waals surface area contributed by atoms with Crippen molar-refractivity contribution in [1.82, 2.24) is 14.3 Å². The molecule has 0 fully saturated rings. The summed E-state index contributed by atoms with van der Waals surface area (Å²) in [6.07, 6.45) is 4.54. The van der Waals surface area contributed by atoms with Crippen molar-refractivity contribution in [1.29, 1.82) is 0 Å². The molecule has 0 aliphatic heterocycles. The van der Waals surface area contributed by atoms with Crippen molar-refractivity contribution in [3.8, 4) is 0 Å². The number of rotatable bonds is 5. The lowest BCUT2D eigenvalue weighted by Gasteiger charge is -2.09. The van der Waals surface area contributed by atoms with Crippen molar-refractivity contribution in [3.63, 3.8) is 0 Å². The highest BCUT2D eigenvalue weighted by Crippen LogP contribution is 2.09. The topological polar surface area (TPSA) is 98.4 Å². The zero-order valence-electron chi connectivity index (χ0n) is 12.1. The third-order valence-corrected chi connectivity index (χ3v) is 3.44. The predicted molar refractivity (Wildman–Crippen MR) is 79.5 cm³/mol. The first-order chi connectivity index (χ1) is 10.1. The fourth-order valence-corrected chi connectivity index (χ4v) is 1.98. The van der Waals surface area contributed by atoms with E-state index in [0.29, 0.717) is 12.6 Å². The molecule has 0 aliphatic carbocycles. The third-order valence-electron chi connectivity index (χ3n) is 3.44. The lowest BCUT2D eigenvalue weighted by molar-refractivity contribution is 0.318. The van der Waals surface area contributed by atoms with Gasteiger partial charge in [0.1, 0.15) is 0 Å². The summed E-state index contributed by atoms with van der Waals surface area (Å²) in [6, 6.07) is 5.40. The van der Waals surface area contributed by atoms with Crippen LogP contribution in [0.1, 0.15) is 37.6 Å². The first-order valence-electron chi connectivity index (χ1n) is 6.78. The summed E-state index contributed by atoms with van der Waals surface area (Å²) in [5.41, 5.74) is 6.13. The van der Waals surface area contributed by atoms with Gasteiger partial charge in [0.15, 0.2) is 5.84 Å². The van der Waals surface area contributed by atoms with Crippen LogP contribution >= 0.6 is 0 Å². The minimum Gasteiger partial charge on any atom is -0.409 e. The zero-order chi connectivity index (χ0) is 15.4. The molecule has 0 saturated carbocycles. The number of nitrogens with zero attached hydrogens (tertiary/aromatic N) is 4. The van der Waals surface area contributed by atoms with Gasteiger partial charge in [0.2, 0.25) is 0 Å². The number of nitrogens with two attached hydrogens (primary N) is 1. The van der Waals surface area contributed by atoms with Gasteiger partial charge in [0.25, 0.3) is 5.56 Å². The molecule has 2 heterocycles. The molecule has 2 aromatic heterocycles. The minimum atomic E-state index is -0.314. The van der Waals surface area contributed by atoms with E-state index in [9.17, 15) is 4.79 Å². The first-order valence-corrected chi connectivity index (χ1v) is 6.78. The van der Waals surface area contributed by atoms with Gasteiger partial charge in [0.05, 0.1) is 17.8 Å². The Balaban J connectivity index is 2.28. The smallest absolute Gasteiger partial charge is 0.262 e. The maximum absolute atomic E-state index is 12.2. The number of pyridine rings is 1. The molecule has 0 radical (unpaired) electrons. The van der Waals surface area contributed by atoms with Crippen molar-refractivity contribution in [2.45, 2.75) is 32.9 Å². The van der Waals surface area contributed by atoms with Crippen molar-refractivity contribution >= 4 is 5.84 Å². The van der Waals surface area contributed by atoms with E-state index in [2.05, 4.69) is 24.1 Å². The summed E-state index contributed by atoms with van der Waals surface area (Å²) in [4.78, 5) is 12.2. The summed E-state index contributed by atoms with van der Waals surface area (Å²) in [5.74, 6) is -0.195. The van der Waals surface area contributed by atoms with Crippen LogP contribution in [0, 0.1) is 0 Å². The van der Waals surface area contributed by atoms with E-state index < -0.39 is 0 Å². The van der Waals surface area contributed by atoms with E-state index in [1.165, 1.54) is 10.6 Å². The van der Waals surface area contributed by atoms with Crippen LogP contribution in [0.5, 0.6) is 0 Å². The molecule has 0 aliphatic rings. The SMILES string of the molecule is CCC(C)n1ccc(Cn2cccc(/C(N)=N/O)c2=O)n1. The average Bonchev–Trinajstić information content (AvgIpc) is 2.96. The van der Waals surface area contributed by atoms with Crippen LogP contribution in [-0.2, 0) is 6.54 Å². The number of aromatic nitrogens is 3. The Morgan fingerprint density at radius 3 is 2.90 bits per heavy atom. The second kappa shape index (κ2) is 6.25. The lowest BCUT2D eigenvalue weighted by atomic mass is 10.2. The second-order valence-electron chi connectivity index (χ2n) is 4.88. The van der Waals surface area contributed by atoms with Gasteiger partial charge >= 0.3 is 0 Å². The van der Waals surface area contributed by atoms with Gasteiger partial charge in [-0.05, 0) is 31.5 Å². The third kappa shape index (κ3) is 3.13. The number of amidine groups is 1. The molecule has 7 nitrogen and oxygen atoms in total. The van der Waals surface area contributed by atoms with Crippen LogP contribution in [0.25, 0.3) is 0 Å². The van der Waals surface area contributed by atoms with Crippen LogP contribution in [0.15, 0.2) is 40.5 Å². The molecule has 1 unspecified atom stereocenters. The van der Waals surface area contributed by atoms with Gasteiger partial charge < -0.3 is 15.5 Å². The molecule has 1 atom stereocenters. The van der Waals surface area contributed by atoms with Crippen LogP contribution in [-0.4, -0.2) is 25.4 Å². The monoisotopic (exact) mass is 289 g/mol. The van der Waals surface area contributed by atoms with E-state index >= 15 is 0 Å². The largest absolute Gasteiger partial charge is 0.409 e. The molecule has 7 heteroatoms. The van der Waals surface area contributed by atoms with Crippen LogP contribution in [0.2, 0.25) is 0 Å². The summed E-state index contributed by atoms with van der Waals surface area (Å²) in [5, 5.41) is 16.0. The van der Waals surface area contributed by atoms with Crippen molar-refractivity contribution in [2.24, 2.45) is 10.9 Å². The fraction of sp³-hybridized carbons (Fsp3) is 0.357. The molecule has 2 rings (SSSR count). The van der Waals surface area contributed by atoms with Crippen LogP contribution in [0.3, 0.4) is 0 Å². The molecule has 0 amide bonds. The van der Waals surface area contributed by atoms with E-state index in [0.717, 1.165) is 12.1 Å². The quantitative estimate of drug-likeness (QED) is 0.373. The maximum atomic E-state index is 12.2. The van der Waals surface area contributed by atoms with Gasteiger partial charge in [-0.3, -0.25) is 9.48 Å². The highest BCUT2D eigenvalue weighted by Gasteiger charge is 2.10. The fourth-order valence-electron chi connectivity index (χ4n) is 1.98. The van der Waals surface area contributed by atoms with Crippen LogP contribution in [0.4, 0.5) is 0 Å². The molecule has 0 bridgehead atoms. The van der Waals surface area contributed by atoms with E-state index in [-0.39, 0.29) is 17.0 Å². The summed E-state index contributed by atoms with van der Waals surface area (Å²) in [7, 11) is 0. The van der Waals surface area contributed by atoms with Gasteiger partial charge in [-0.25, -0.2) is 0 Å². The van der Waals surface area contributed by atoms with Crippen molar-refractivity contribution in [2.75, 3.05) is 0 Å². The van der Waals surface area contributed by atoms with Crippen molar-refractivity contribution in [3.05, 3.63) is 52.2 Å². The number of hydrogen-bond donors (Lipinski definition) is 2. The van der Waals surface area contributed by atoms with E-state index in [4.69, 9.17) is 10.9 Å². The predicted octanol–water partition coefficient (Wildman–Crippen LogP) is 1.16. The van der Waals surface area contributed by atoms with Crippen molar-refractivity contribution < 1.29 is 5.21 Å². The van der Waals surface area contributed by atoms with Gasteiger partial charge in [0, 0.05) is 18.4 Å². The molecule has 21 heavy (non-hydrogen) atoms. The first kappa shape index (κ1) is 14.8. The molecule has 2 aromatic rings. The summed E-state index contributed by atoms with van der Waals surface area (Å²) >= 11 is 0. The zero-order valence-corrected chi connectivity index (χ0v) is 12.1. The highest BCUT2D eigenvalue weighted by molar-refractivity contribution is 5.96. The minimum absolute atomic E-state index is 0.168. The Morgan fingerprint density at radius 2 is 2.24 bits per heavy atom. The molecule has 0 aromatic carbocycles. The Hall–Kier alpha value is -2.57. The Labute approximate surface area is 122 Å². The lowest BCUT2D eigenvalue weighted by Crippen LogP contribution is -2.30. The van der Waals surface area contributed by atoms with E-state index in [1.807, 2.05) is 16.9 Å². The molecule has 0 saturated heterocycles. The Bertz CT molecular complexity index is 701. The van der Waals surface area contributed by atoms with Gasteiger partial charge in [-0.1, -0.05) is 12.1 Å². The molecule has 3 N–H and O–H groups in total. The number of oxime groups is 1. The molecule has 0 spiro atoms. The van der Waals surface area contributed by atoms with Gasteiger partial charge in [-0.15, -0.1) is 0 Å². The normalized spacial score (nSPS) is 13.3. The average molecular weight is 289 g/mol. The molecule has 112 valence electrons. The number of hydrogen-bond acceptors (Lipinski definition) is 4. The van der Waals surface area contributed by atoms with Gasteiger partial charge in [-0.2, -0.15) is 5.10 Å². The molecular weight excluding hydrogens is 270 g/mol.